The van der Waals surface area contributed by atoms with Crippen LogP contribution in [0.2, 0.25) is 0 Å². The number of ether oxygens (including phenoxy) is 1. The molecule has 0 saturated heterocycles. The van der Waals surface area contributed by atoms with Crippen molar-refractivity contribution in [1.82, 2.24) is 5.32 Å². The first kappa shape index (κ1) is 22.0. The molecule has 4 nitrogen and oxygen atoms in total. The van der Waals surface area contributed by atoms with Crippen LogP contribution in [-0.2, 0) is 16.0 Å². The molecule has 0 aliphatic heterocycles. The molecule has 1 amide bonds. The van der Waals surface area contributed by atoms with Gasteiger partial charge < -0.3 is 10.1 Å². The van der Waals surface area contributed by atoms with Crippen molar-refractivity contribution < 1.29 is 14.3 Å². The number of benzene rings is 4. The fraction of sp³-hybridized carbons (Fsp3) is 0.103. The van der Waals surface area contributed by atoms with E-state index in [1.165, 1.54) is 7.11 Å². The summed E-state index contributed by atoms with van der Waals surface area (Å²) in [6.45, 7) is 0. The van der Waals surface area contributed by atoms with Gasteiger partial charge in [0.1, 0.15) is 6.04 Å². The molecular formula is C29H25NO3. The summed E-state index contributed by atoms with van der Waals surface area (Å²) < 4.78 is 4.94. The summed E-state index contributed by atoms with van der Waals surface area (Å²) in [5.41, 5.74) is 5.75. The largest absolute Gasteiger partial charge is 0.467 e. The third-order valence-electron chi connectivity index (χ3n) is 5.55. The molecule has 0 radical (unpaired) electrons. The van der Waals surface area contributed by atoms with Gasteiger partial charge in [-0.15, -0.1) is 0 Å². The zero-order valence-corrected chi connectivity index (χ0v) is 18.4. The summed E-state index contributed by atoms with van der Waals surface area (Å²) in [5.74, 6) is -0.790. The maximum absolute atomic E-state index is 12.8. The van der Waals surface area contributed by atoms with Gasteiger partial charge in [-0.25, -0.2) is 4.79 Å². The number of esters is 1. The van der Waals surface area contributed by atoms with Gasteiger partial charge in [0.25, 0.3) is 5.91 Å². The first-order valence-electron chi connectivity index (χ1n) is 10.8. The minimum Gasteiger partial charge on any atom is -0.467 e. The zero-order valence-electron chi connectivity index (χ0n) is 18.4. The third-order valence-corrected chi connectivity index (χ3v) is 5.55. The Morgan fingerprint density at radius 2 is 1.12 bits per heavy atom. The summed E-state index contributed by atoms with van der Waals surface area (Å²) in [7, 11) is 1.33. The van der Waals surface area contributed by atoms with Crippen LogP contribution in [0, 0.1) is 0 Å². The van der Waals surface area contributed by atoms with Crippen molar-refractivity contribution in [1.29, 1.82) is 0 Å². The van der Waals surface area contributed by atoms with Gasteiger partial charge in [0.2, 0.25) is 0 Å². The molecule has 1 atom stereocenters. The van der Waals surface area contributed by atoms with E-state index in [-0.39, 0.29) is 5.91 Å². The lowest BCUT2D eigenvalue weighted by atomic mass is 10.00. The molecule has 0 spiro atoms. The molecule has 4 rings (SSSR count). The van der Waals surface area contributed by atoms with E-state index in [2.05, 4.69) is 17.4 Å². The Kier molecular flexibility index (Phi) is 6.96. The highest BCUT2D eigenvalue weighted by atomic mass is 16.5. The monoisotopic (exact) mass is 435 g/mol. The van der Waals surface area contributed by atoms with Gasteiger partial charge in [-0.05, 0) is 39.9 Å². The van der Waals surface area contributed by atoms with Crippen molar-refractivity contribution in [3.63, 3.8) is 0 Å². The Morgan fingerprint density at radius 1 is 0.667 bits per heavy atom. The number of methoxy groups -OCH3 is 1. The van der Waals surface area contributed by atoms with Crippen molar-refractivity contribution in [3.8, 4) is 22.3 Å². The summed E-state index contributed by atoms with van der Waals surface area (Å²) in [6, 6.07) is 34.6. The maximum Gasteiger partial charge on any atom is 0.328 e. The van der Waals surface area contributed by atoms with Crippen LogP contribution < -0.4 is 5.32 Å². The molecule has 0 heterocycles. The zero-order chi connectivity index (χ0) is 23.0. The summed E-state index contributed by atoms with van der Waals surface area (Å²) in [4.78, 5) is 25.2. The summed E-state index contributed by atoms with van der Waals surface area (Å²) >= 11 is 0. The van der Waals surface area contributed by atoms with Crippen LogP contribution in [0.4, 0.5) is 0 Å². The average Bonchev–Trinajstić information content (AvgIpc) is 2.89. The number of hydrogen-bond acceptors (Lipinski definition) is 3. The number of nitrogens with one attached hydrogen (secondary N) is 1. The van der Waals surface area contributed by atoms with E-state index in [0.717, 1.165) is 27.8 Å². The molecule has 0 aliphatic rings. The fourth-order valence-electron chi connectivity index (χ4n) is 3.72. The van der Waals surface area contributed by atoms with E-state index in [0.29, 0.717) is 12.0 Å². The predicted molar refractivity (Wildman–Crippen MR) is 131 cm³/mol. The molecule has 0 aliphatic carbocycles. The molecule has 1 N–H and O–H groups in total. The van der Waals surface area contributed by atoms with E-state index < -0.39 is 12.0 Å². The molecule has 4 aromatic rings. The second-order valence-electron chi connectivity index (χ2n) is 7.76. The molecule has 4 aromatic carbocycles. The Morgan fingerprint density at radius 3 is 1.61 bits per heavy atom. The van der Waals surface area contributed by atoms with Gasteiger partial charge in [-0.1, -0.05) is 97.1 Å². The first-order chi connectivity index (χ1) is 16.1. The van der Waals surface area contributed by atoms with Crippen LogP contribution >= 0.6 is 0 Å². The van der Waals surface area contributed by atoms with E-state index in [1.54, 1.807) is 12.1 Å². The predicted octanol–water partition coefficient (Wildman–Crippen LogP) is 5.53. The minimum atomic E-state index is -0.779. The molecule has 4 heteroatoms. The normalized spacial score (nSPS) is 11.4. The highest BCUT2D eigenvalue weighted by molar-refractivity contribution is 5.97. The Balaban J connectivity index is 1.45. The second kappa shape index (κ2) is 10.4. The number of rotatable bonds is 7. The van der Waals surface area contributed by atoms with Gasteiger partial charge >= 0.3 is 5.97 Å². The van der Waals surface area contributed by atoms with E-state index >= 15 is 0 Å². The Bertz CT molecular complexity index is 1200. The minimum absolute atomic E-state index is 0.314. The van der Waals surface area contributed by atoms with Gasteiger partial charge in [0, 0.05) is 12.0 Å². The molecule has 0 aromatic heterocycles. The second-order valence-corrected chi connectivity index (χ2v) is 7.76. The molecule has 33 heavy (non-hydrogen) atoms. The SMILES string of the molecule is COC(=O)[C@H](Cc1ccc(-c2ccccc2)cc1)NC(=O)c1ccc(-c2ccccc2)cc1. The number of hydrogen-bond donors (Lipinski definition) is 1. The highest BCUT2D eigenvalue weighted by Gasteiger charge is 2.22. The van der Waals surface area contributed by atoms with Crippen LogP contribution in [-0.4, -0.2) is 25.0 Å². The number of amides is 1. The van der Waals surface area contributed by atoms with Crippen molar-refractivity contribution in [2.75, 3.05) is 7.11 Å². The van der Waals surface area contributed by atoms with Crippen LogP contribution in [0.1, 0.15) is 15.9 Å². The lowest BCUT2D eigenvalue weighted by molar-refractivity contribution is -0.142. The van der Waals surface area contributed by atoms with Gasteiger partial charge in [0.05, 0.1) is 7.11 Å². The van der Waals surface area contributed by atoms with Crippen molar-refractivity contribution >= 4 is 11.9 Å². The quantitative estimate of drug-likeness (QED) is 0.388. The van der Waals surface area contributed by atoms with Crippen LogP contribution in [0.25, 0.3) is 22.3 Å². The van der Waals surface area contributed by atoms with Crippen LogP contribution in [0.3, 0.4) is 0 Å². The lowest BCUT2D eigenvalue weighted by Gasteiger charge is -2.17. The van der Waals surface area contributed by atoms with Crippen LogP contribution in [0.15, 0.2) is 109 Å². The van der Waals surface area contributed by atoms with Gasteiger partial charge in [0.15, 0.2) is 0 Å². The first-order valence-corrected chi connectivity index (χ1v) is 10.8. The number of carbonyl (C=O) groups excluding carboxylic acids is 2. The standard InChI is InChI=1S/C29H25NO3/c1-33-29(32)27(20-21-12-14-24(15-13-21)22-8-4-2-5-9-22)30-28(31)26-18-16-25(17-19-26)23-10-6-3-7-11-23/h2-19,27H,20H2,1H3,(H,30,31)/t27-/m0/s1. The van der Waals surface area contributed by atoms with Gasteiger partial charge in [-0.3, -0.25) is 4.79 Å². The van der Waals surface area contributed by atoms with Gasteiger partial charge in [-0.2, -0.15) is 0 Å². The molecule has 0 bridgehead atoms. The van der Waals surface area contributed by atoms with E-state index in [1.807, 2.05) is 84.9 Å². The molecule has 0 fully saturated rings. The Hall–Kier alpha value is -4.18. The fourth-order valence-corrected chi connectivity index (χ4v) is 3.72. The number of carbonyl (C=O) groups is 2. The molecule has 164 valence electrons. The highest BCUT2D eigenvalue weighted by Crippen LogP contribution is 2.21. The third kappa shape index (κ3) is 5.55. The van der Waals surface area contributed by atoms with Crippen molar-refractivity contribution in [3.05, 3.63) is 120 Å². The van der Waals surface area contributed by atoms with Crippen molar-refractivity contribution in [2.24, 2.45) is 0 Å². The topological polar surface area (TPSA) is 55.4 Å². The average molecular weight is 436 g/mol. The molecular weight excluding hydrogens is 410 g/mol. The smallest absolute Gasteiger partial charge is 0.328 e. The maximum atomic E-state index is 12.8. The molecule has 0 saturated carbocycles. The van der Waals surface area contributed by atoms with Crippen molar-refractivity contribution in [2.45, 2.75) is 12.5 Å². The summed E-state index contributed by atoms with van der Waals surface area (Å²) in [5, 5.41) is 2.82. The Labute approximate surface area is 193 Å². The molecule has 0 unspecified atom stereocenters. The lowest BCUT2D eigenvalue weighted by Crippen LogP contribution is -2.43. The van der Waals surface area contributed by atoms with E-state index in [4.69, 9.17) is 4.74 Å². The summed E-state index contributed by atoms with van der Waals surface area (Å²) in [6.07, 6.45) is 0.343. The van der Waals surface area contributed by atoms with E-state index in [9.17, 15) is 9.59 Å². The van der Waals surface area contributed by atoms with Crippen LogP contribution in [0.5, 0.6) is 0 Å².